The Balaban J connectivity index is 2.73. The van der Waals surface area contributed by atoms with Gasteiger partial charge < -0.3 is 15.7 Å². The number of carboxylic acid groups (broad SMARTS) is 1. The van der Waals surface area contributed by atoms with Crippen LogP contribution in [0.25, 0.3) is 0 Å². The summed E-state index contributed by atoms with van der Waals surface area (Å²) in [7, 11) is 0. The van der Waals surface area contributed by atoms with Crippen molar-refractivity contribution in [1.29, 1.82) is 0 Å². The average molecular weight is 187 g/mol. The van der Waals surface area contributed by atoms with E-state index >= 15 is 0 Å². The summed E-state index contributed by atoms with van der Waals surface area (Å²) in [5.41, 5.74) is 0. The van der Waals surface area contributed by atoms with Crippen LogP contribution in [0.2, 0.25) is 0 Å². The van der Waals surface area contributed by atoms with Crippen molar-refractivity contribution in [2.24, 2.45) is 0 Å². The number of carbonyl (C=O) groups excluding carboxylic acids is 2. The van der Waals surface area contributed by atoms with Crippen molar-refractivity contribution in [2.45, 2.75) is 13.1 Å². The first-order valence-electron chi connectivity index (χ1n) is 3.67. The number of hydrogen-bond acceptors (Lipinski definition) is 3. The minimum Gasteiger partial charge on any atom is -0.478 e. The summed E-state index contributed by atoms with van der Waals surface area (Å²) >= 11 is 0. The van der Waals surface area contributed by atoms with Gasteiger partial charge in [-0.05, 0) is 6.92 Å². The Hall–Kier alpha value is -1.79. The zero-order valence-corrected chi connectivity index (χ0v) is 6.90. The highest BCUT2D eigenvalue weighted by atomic mass is 16.4. The molecule has 7 heteroatoms. The molecule has 0 spiro atoms. The summed E-state index contributed by atoms with van der Waals surface area (Å²) in [6.45, 7) is 1.81. The molecule has 0 aromatic carbocycles. The predicted molar refractivity (Wildman–Crippen MR) is 40.9 cm³/mol. The number of rotatable bonds is 2. The molecule has 0 saturated carbocycles. The Morgan fingerprint density at radius 2 is 1.92 bits per heavy atom. The van der Waals surface area contributed by atoms with Crippen molar-refractivity contribution in [3.8, 4) is 0 Å². The van der Waals surface area contributed by atoms with Crippen molar-refractivity contribution in [3.05, 3.63) is 0 Å². The van der Waals surface area contributed by atoms with Crippen LogP contribution in [0.4, 0.5) is 9.59 Å². The second-order valence-corrected chi connectivity index (χ2v) is 2.41. The lowest BCUT2D eigenvalue weighted by Gasteiger charge is -2.29. The zero-order valence-electron chi connectivity index (χ0n) is 6.90. The van der Waals surface area contributed by atoms with Gasteiger partial charge in [-0.15, -0.1) is 0 Å². The van der Waals surface area contributed by atoms with Crippen molar-refractivity contribution in [3.63, 3.8) is 0 Å². The number of urea groups is 2. The number of nitrogens with zero attached hydrogens (tertiary/aromatic N) is 1. The number of imide groups is 1. The molecular weight excluding hydrogens is 178 g/mol. The molecule has 1 saturated heterocycles. The van der Waals surface area contributed by atoms with E-state index in [9.17, 15) is 14.4 Å². The monoisotopic (exact) mass is 187 g/mol. The summed E-state index contributed by atoms with van der Waals surface area (Å²) in [6.07, 6.45) is -1.33. The van der Waals surface area contributed by atoms with Gasteiger partial charge in [-0.25, -0.2) is 19.3 Å². The van der Waals surface area contributed by atoms with Gasteiger partial charge in [0.1, 0.15) is 0 Å². The summed E-state index contributed by atoms with van der Waals surface area (Å²) in [6, 6.07) is -1.39. The molecule has 13 heavy (non-hydrogen) atoms. The van der Waals surface area contributed by atoms with E-state index in [-0.39, 0.29) is 6.54 Å². The minimum atomic E-state index is -1.33. The number of amides is 4. The third kappa shape index (κ3) is 1.68. The normalized spacial score (nSPS) is 18.1. The molecule has 1 heterocycles. The zero-order chi connectivity index (χ0) is 10.0. The quantitative estimate of drug-likeness (QED) is 0.524. The van der Waals surface area contributed by atoms with E-state index in [4.69, 9.17) is 5.11 Å². The Morgan fingerprint density at radius 1 is 1.46 bits per heavy atom. The van der Waals surface area contributed by atoms with Crippen LogP contribution in [0, 0.1) is 0 Å². The molecule has 1 aliphatic rings. The third-order valence-corrected chi connectivity index (χ3v) is 1.59. The van der Waals surface area contributed by atoms with Gasteiger partial charge in [0.15, 0.2) is 0 Å². The fraction of sp³-hybridized carbons (Fsp3) is 0.500. The number of hydrogen-bond donors (Lipinski definition) is 3. The van der Waals surface area contributed by atoms with Crippen LogP contribution in [0.15, 0.2) is 0 Å². The summed E-state index contributed by atoms with van der Waals surface area (Å²) in [4.78, 5) is 33.3. The molecule has 0 aliphatic carbocycles. The number of carbonyl (C=O) groups is 3. The molecule has 0 radical (unpaired) electrons. The second-order valence-electron chi connectivity index (χ2n) is 2.41. The van der Waals surface area contributed by atoms with Gasteiger partial charge in [0.05, 0.1) is 0 Å². The third-order valence-electron chi connectivity index (χ3n) is 1.59. The van der Waals surface area contributed by atoms with Gasteiger partial charge >= 0.3 is 18.0 Å². The highest BCUT2D eigenvalue weighted by molar-refractivity contribution is 5.99. The lowest BCUT2D eigenvalue weighted by molar-refractivity contribution is -0.140. The number of aliphatic carboxylic acids is 1. The largest absolute Gasteiger partial charge is 0.478 e. The molecule has 4 amide bonds. The topological polar surface area (TPSA) is 98.7 Å². The molecule has 0 atom stereocenters. The molecule has 0 aromatic heterocycles. The van der Waals surface area contributed by atoms with E-state index in [0.29, 0.717) is 0 Å². The maximum absolute atomic E-state index is 11.0. The fourth-order valence-corrected chi connectivity index (χ4v) is 0.942. The molecule has 1 fully saturated rings. The van der Waals surface area contributed by atoms with Crippen LogP contribution in [0.1, 0.15) is 6.92 Å². The Kier molecular flexibility index (Phi) is 2.36. The molecule has 3 N–H and O–H groups in total. The van der Waals surface area contributed by atoms with Crippen LogP contribution in [-0.4, -0.2) is 40.7 Å². The molecule has 0 unspecified atom stereocenters. The lowest BCUT2D eigenvalue weighted by atomic mass is 10.4. The van der Waals surface area contributed by atoms with E-state index in [2.05, 4.69) is 10.6 Å². The van der Waals surface area contributed by atoms with Crippen molar-refractivity contribution in [2.75, 3.05) is 6.54 Å². The van der Waals surface area contributed by atoms with Gasteiger partial charge in [0.2, 0.25) is 6.17 Å². The van der Waals surface area contributed by atoms with Gasteiger partial charge in [-0.1, -0.05) is 0 Å². The highest BCUT2D eigenvalue weighted by Gasteiger charge is 2.33. The van der Waals surface area contributed by atoms with Gasteiger partial charge in [-0.2, -0.15) is 0 Å². The number of carboxylic acids is 1. The molecule has 1 rings (SSSR count). The summed E-state index contributed by atoms with van der Waals surface area (Å²) < 4.78 is 0. The fourth-order valence-electron chi connectivity index (χ4n) is 0.942. The van der Waals surface area contributed by atoms with Crippen molar-refractivity contribution in [1.82, 2.24) is 15.5 Å². The molecule has 0 bridgehead atoms. The SMILES string of the molecule is CCN1C(=O)NC(C(=O)O)NC1=O. The first-order valence-corrected chi connectivity index (χ1v) is 3.67. The minimum absolute atomic E-state index is 0.198. The predicted octanol–water partition coefficient (Wildman–Crippen LogP) is -0.848. The molecule has 0 aromatic rings. The highest BCUT2D eigenvalue weighted by Crippen LogP contribution is 1.98. The Labute approximate surface area is 73.7 Å². The first kappa shape index (κ1) is 9.30. The smallest absolute Gasteiger partial charge is 0.347 e. The van der Waals surface area contributed by atoms with E-state index < -0.39 is 24.2 Å². The molecule has 1 aliphatic heterocycles. The average Bonchev–Trinajstić information content (AvgIpc) is 2.03. The summed E-state index contributed by atoms with van der Waals surface area (Å²) in [5.74, 6) is -1.29. The molecule has 72 valence electrons. The maximum atomic E-state index is 11.0. The lowest BCUT2D eigenvalue weighted by Crippen LogP contribution is -2.65. The standard InChI is InChI=1S/C6H9N3O4/c1-2-9-5(12)7-3(4(10)11)8-6(9)13/h3H,2H2,1H3,(H,7,12)(H,8,13)(H,10,11). The van der Waals surface area contributed by atoms with Crippen molar-refractivity contribution >= 4 is 18.0 Å². The van der Waals surface area contributed by atoms with E-state index in [1.54, 1.807) is 6.92 Å². The first-order chi connectivity index (χ1) is 6.06. The van der Waals surface area contributed by atoms with Gasteiger partial charge in [0, 0.05) is 6.54 Å². The van der Waals surface area contributed by atoms with Crippen LogP contribution < -0.4 is 10.6 Å². The van der Waals surface area contributed by atoms with Crippen LogP contribution in [0.5, 0.6) is 0 Å². The Bertz CT molecular complexity index is 247. The molecule has 7 nitrogen and oxygen atoms in total. The Morgan fingerprint density at radius 3 is 2.23 bits per heavy atom. The van der Waals surface area contributed by atoms with Crippen LogP contribution >= 0.6 is 0 Å². The van der Waals surface area contributed by atoms with Gasteiger partial charge in [0.25, 0.3) is 0 Å². The van der Waals surface area contributed by atoms with Crippen molar-refractivity contribution < 1.29 is 19.5 Å². The van der Waals surface area contributed by atoms with E-state index in [1.807, 2.05) is 0 Å². The number of nitrogens with one attached hydrogen (secondary N) is 2. The van der Waals surface area contributed by atoms with E-state index in [1.165, 1.54) is 0 Å². The second kappa shape index (κ2) is 3.30. The maximum Gasteiger partial charge on any atom is 0.347 e. The van der Waals surface area contributed by atoms with E-state index in [0.717, 1.165) is 4.90 Å². The summed E-state index contributed by atoms with van der Waals surface area (Å²) in [5, 5.41) is 12.7. The molecular formula is C6H9N3O4. The van der Waals surface area contributed by atoms with Crippen LogP contribution in [0.3, 0.4) is 0 Å². The van der Waals surface area contributed by atoms with Gasteiger partial charge in [-0.3, -0.25) is 0 Å². The van der Waals surface area contributed by atoms with Crippen LogP contribution in [-0.2, 0) is 4.79 Å².